The lowest BCUT2D eigenvalue weighted by Gasteiger charge is -2.38. The lowest BCUT2D eigenvalue weighted by atomic mass is 9.88. The van der Waals surface area contributed by atoms with Gasteiger partial charge in [-0.3, -0.25) is 9.59 Å². The molecule has 130 valence electrons. The van der Waals surface area contributed by atoms with Crippen LogP contribution in [0.15, 0.2) is 24.2 Å². The Bertz CT molecular complexity index is 528. The number of carbonyl (C=O) groups is 2. The Labute approximate surface area is 137 Å². The molecule has 23 heavy (non-hydrogen) atoms. The summed E-state index contributed by atoms with van der Waals surface area (Å²) in [6, 6.07) is 0. The molecule has 0 N–H and O–H groups in total. The maximum Gasteiger partial charge on any atom is 0.229 e. The topological polar surface area (TPSA) is 71.1 Å². The number of allylic oxidation sites excluding steroid dienone is 1. The molecule has 1 heterocycles. The molecular weight excluding hydrogens is 300 g/mol. The van der Waals surface area contributed by atoms with Crippen LogP contribution in [0.25, 0.3) is 0 Å². The van der Waals surface area contributed by atoms with Crippen molar-refractivity contribution < 1.29 is 28.5 Å². The lowest BCUT2D eigenvalue weighted by molar-refractivity contribution is -0.173. The van der Waals surface area contributed by atoms with Crippen LogP contribution < -0.4 is 0 Å². The first kappa shape index (κ1) is 19.4. The van der Waals surface area contributed by atoms with Crippen molar-refractivity contribution in [1.29, 1.82) is 0 Å². The van der Waals surface area contributed by atoms with Gasteiger partial charge in [-0.05, 0) is 40.7 Å². The minimum absolute atomic E-state index is 0.0954. The van der Waals surface area contributed by atoms with E-state index in [1.165, 1.54) is 14.2 Å². The second-order valence-electron chi connectivity index (χ2n) is 6.61. The highest BCUT2D eigenvalue weighted by atomic mass is 16.6. The SMILES string of the molecule is C=C(OC)C(=O)C(OC(C)(C)C)C1OC(C)=CC(C)(OC)C1=O. The standard InChI is InChI=1S/C17H26O6/c1-10-9-17(6,21-8)15(19)14(22-10)13(23-16(3,4)5)12(18)11(2)20-7/h9,13-14H,2H2,1,3-8H3. The Hall–Kier alpha value is -1.66. The summed E-state index contributed by atoms with van der Waals surface area (Å²) in [5.41, 5.74) is -1.85. The molecule has 0 aromatic rings. The molecule has 0 spiro atoms. The number of Topliss-reactive ketones (excluding diaryl/α,β-unsaturated/α-hetero) is 2. The van der Waals surface area contributed by atoms with Crippen molar-refractivity contribution in [1.82, 2.24) is 0 Å². The zero-order valence-electron chi connectivity index (χ0n) is 14.9. The third-order valence-electron chi connectivity index (χ3n) is 3.50. The minimum Gasteiger partial charge on any atom is -0.494 e. The first-order valence-corrected chi connectivity index (χ1v) is 7.35. The van der Waals surface area contributed by atoms with Crippen molar-refractivity contribution in [2.75, 3.05) is 14.2 Å². The van der Waals surface area contributed by atoms with Crippen LogP contribution in [-0.4, -0.2) is 49.2 Å². The third kappa shape index (κ3) is 4.42. The summed E-state index contributed by atoms with van der Waals surface area (Å²) >= 11 is 0. The zero-order chi connectivity index (χ0) is 18.0. The largest absolute Gasteiger partial charge is 0.494 e. The Morgan fingerprint density at radius 1 is 1.39 bits per heavy atom. The molecule has 3 atom stereocenters. The van der Waals surface area contributed by atoms with Crippen molar-refractivity contribution in [3.63, 3.8) is 0 Å². The monoisotopic (exact) mass is 326 g/mol. The van der Waals surface area contributed by atoms with E-state index in [4.69, 9.17) is 18.9 Å². The normalized spacial score (nSPS) is 26.1. The van der Waals surface area contributed by atoms with E-state index in [9.17, 15) is 9.59 Å². The van der Waals surface area contributed by atoms with Gasteiger partial charge in [0.1, 0.15) is 5.60 Å². The highest BCUT2D eigenvalue weighted by Gasteiger charge is 2.49. The van der Waals surface area contributed by atoms with E-state index in [0.717, 1.165) is 0 Å². The van der Waals surface area contributed by atoms with E-state index >= 15 is 0 Å². The second kappa shape index (κ2) is 6.84. The van der Waals surface area contributed by atoms with E-state index in [1.807, 2.05) is 0 Å². The fourth-order valence-electron chi connectivity index (χ4n) is 2.28. The van der Waals surface area contributed by atoms with Crippen molar-refractivity contribution in [3.8, 4) is 0 Å². The molecule has 1 aliphatic rings. The third-order valence-corrected chi connectivity index (χ3v) is 3.50. The molecule has 1 rings (SSSR count). The van der Waals surface area contributed by atoms with Crippen LogP contribution in [0.5, 0.6) is 0 Å². The van der Waals surface area contributed by atoms with Crippen LogP contribution in [0.1, 0.15) is 34.6 Å². The van der Waals surface area contributed by atoms with Gasteiger partial charge in [0.25, 0.3) is 0 Å². The average molecular weight is 326 g/mol. The molecule has 1 aliphatic heterocycles. The molecule has 0 aromatic carbocycles. The molecule has 0 aliphatic carbocycles. The van der Waals surface area contributed by atoms with Gasteiger partial charge in [-0.1, -0.05) is 6.58 Å². The molecule has 3 unspecified atom stereocenters. The summed E-state index contributed by atoms with van der Waals surface area (Å²) in [4.78, 5) is 25.3. The molecule has 0 radical (unpaired) electrons. The Balaban J connectivity index is 3.26. The molecule has 0 amide bonds. The number of hydrogen-bond donors (Lipinski definition) is 0. The van der Waals surface area contributed by atoms with Crippen LogP contribution in [0, 0.1) is 0 Å². The molecule has 0 saturated heterocycles. The molecule has 0 bridgehead atoms. The van der Waals surface area contributed by atoms with Crippen LogP contribution in [0.2, 0.25) is 0 Å². The summed E-state index contributed by atoms with van der Waals surface area (Å²) in [7, 11) is 2.77. The molecular formula is C17H26O6. The summed E-state index contributed by atoms with van der Waals surface area (Å²) in [5.74, 6) is -0.537. The van der Waals surface area contributed by atoms with E-state index in [1.54, 1.807) is 40.7 Å². The summed E-state index contributed by atoms with van der Waals surface area (Å²) in [6.45, 7) is 12.2. The van der Waals surface area contributed by atoms with Crippen molar-refractivity contribution in [2.24, 2.45) is 0 Å². The predicted molar refractivity (Wildman–Crippen MR) is 84.8 cm³/mol. The fraction of sp³-hybridized carbons (Fsp3) is 0.647. The molecule has 6 nitrogen and oxygen atoms in total. The Morgan fingerprint density at radius 2 is 1.96 bits per heavy atom. The van der Waals surface area contributed by atoms with Crippen molar-refractivity contribution in [2.45, 2.75) is 58.0 Å². The molecule has 0 aromatic heterocycles. The van der Waals surface area contributed by atoms with Gasteiger partial charge in [-0.2, -0.15) is 0 Å². The summed E-state index contributed by atoms with van der Waals surface area (Å²) in [6.07, 6.45) is -0.730. The summed E-state index contributed by atoms with van der Waals surface area (Å²) in [5, 5.41) is 0. The maximum absolute atomic E-state index is 12.8. The fourth-order valence-corrected chi connectivity index (χ4v) is 2.28. The minimum atomic E-state index is -1.18. The highest BCUT2D eigenvalue weighted by molar-refractivity contribution is 6.04. The Morgan fingerprint density at radius 3 is 2.39 bits per heavy atom. The van der Waals surface area contributed by atoms with Gasteiger partial charge < -0.3 is 18.9 Å². The first-order chi connectivity index (χ1) is 10.4. The number of ketones is 2. The zero-order valence-corrected chi connectivity index (χ0v) is 14.9. The number of methoxy groups -OCH3 is 2. The second-order valence-corrected chi connectivity index (χ2v) is 6.61. The van der Waals surface area contributed by atoms with Crippen LogP contribution in [0.3, 0.4) is 0 Å². The van der Waals surface area contributed by atoms with Gasteiger partial charge >= 0.3 is 0 Å². The molecule has 6 heteroatoms. The number of hydrogen-bond acceptors (Lipinski definition) is 6. The van der Waals surface area contributed by atoms with E-state index in [2.05, 4.69) is 6.58 Å². The van der Waals surface area contributed by atoms with Crippen LogP contribution >= 0.6 is 0 Å². The average Bonchev–Trinajstić information content (AvgIpc) is 2.46. The van der Waals surface area contributed by atoms with Crippen molar-refractivity contribution in [3.05, 3.63) is 24.2 Å². The number of rotatable bonds is 6. The lowest BCUT2D eigenvalue weighted by Crippen LogP contribution is -2.56. The van der Waals surface area contributed by atoms with Crippen molar-refractivity contribution >= 4 is 11.6 Å². The van der Waals surface area contributed by atoms with Crippen LogP contribution in [-0.2, 0) is 28.5 Å². The van der Waals surface area contributed by atoms with Gasteiger partial charge in [-0.15, -0.1) is 0 Å². The van der Waals surface area contributed by atoms with E-state index in [-0.39, 0.29) is 5.76 Å². The highest BCUT2D eigenvalue weighted by Crippen LogP contribution is 2.30. The summed E-state index contributed by atoms with van der Waals surface area (Å²) < 4.78 is 21.6. The molecule has 0 fully saturated rings. The van der Waals surface area contributed by atoms with Gasteiger partial charge in [0.15, 0.2) is 18.0 Å². The predicted octanol–water partition coefficient (Wildman–Crippen LogP) is 2.18. The van der Waals surface area contributed by atoms with Gasteiger partial charge in [0.2, 0.25) is 11.6 Å². The van der Waals surface area contributed by atoms with Gasteiger partial charge in [0, 0.05) is 7.11 Å². The molecule has 0 saturated carbocycles. The number of ether oxygens (including phenoxy) is 4. The van der Waals surface area contributed by atoms with Gasteiger partial charge in [-0.25, -0.2) is 0 Å². The maximum atomic E-state index is 12.8. The smallest absolute Gasteiger partial charge is 0.229 e. The van der Waals surface area contributed by atoms with Gasteiger partial charge in [0.05, 0.1) is 18.5 Å². The quantitative estimate of drug-likeness (QED) is 0.550. The first-order valence-electron chi connectivity index (χ1n) is 7.35. The van der Waals surface area contributed by atoms with E-state index in [0.29, 0.717) is 5.76 Å². The van der Waals surface area contributed by atoms with Crippen LogP contribution in [0.4, 0.5) is 0 Å². The van der Waals surface area contributed by atoms with E-state index < -0.39 is 35.0 Å². The number of carbonyl (C=O) groups excluding carboxylic acids is 2. The Kier molecular flexibility index (Phi) is 5.77.